The highest BCUT2D eigenvalue weighted by Gasteiger charge is 2.08. The van der Waals surface area contributed by atoms with Gasteiger partial charge < -0.3 is 20.5 Å². The van der Waals surface area contributed by atoms with Gasteiger partial charge >= 0.3 is 0 Å². The summed E-state index contributed by atoms with van der Waals surface area (Å²) in [5.41, 5.74) is 1.72. The van der Waals surface area contributed by atoms with E-state index in [0.29, 0.717) is 19.6 Å². The number of carbonyl (C=O) groups excluding carboxylic acids is 1. The van der Waals surface area contributed by atoms with Gasteiger partial charge in [-0.05, 0) is 55.3 Å². The number of carbonyl (C=O) groups is 1. The topological polar surface area (TPSA) is 94.4 Å². The molecular formula is C20H21N3O3. The summed E-state index contributed by atoms with van der Waals surface area (Å²) < 4.78 is 5.36. The lowest BCUT2D eigenvalue weighted by molar-refractivity contribution is -0.117. The molecule has 2 aromatic carbocycles. The normalized spacial score (nSPS) is 10.7. The number of phenols is 1. The van der Waals surface area contributed by atoms with E-state index in [1.807, 2.05) is 25.1 Å². The fourth-order valence-corrected chi connectivity index (χ4v) is 2.20. The van der Waals surface area contributed by atoms with Crippen LogP contribution in [0.3, 0.4) is 0 Å². The summed E-state index contributed by atoms with van der Waals surface area (Å²) in [6, 6.07) is 15.9. The van der Waals surface area contributed by atoms with E-state index >= 15 is 0 Å². The molecule has 0 unspecified atom stereocenters. The number of amides is 1. The molecule has 6 nitrogen and oxygen atoms in total. The Morgan fingerprint density at radius 2 is 1.88 bits per heavy atom. The first-order chi connectivity index (χ1) is 12.6. The van der Waals surface area contributed by atoms with Crippen LogP contribution in [0.1, 0.15) is 12.5 Å². The summed E-state index contributed by atoms with van der Waals surface area (Å²) in [5.74, 6) is 0.520. The number of hydrogen-bond acceptors (Lipinski definition) is 5. The summed E-state index contributed by atoms with van der Waals surface area (Å²) in [4.78, 5) is 12.1. The molecule has 2 aromatic rings. The molecule has 0 aromatic heterocycles. The van der Waals surface area contributed by atoms with Crippen molar-refractivity contribution in [1.82, 2.24) is 5.32 Å². The van der Waals surface area contributed by atoms with E-state index in [1.165, 1.54) is 6.20 Å². The molecule has 1 amide bonds. The quantitative estimate of drug-likeness (QED) is 0.502. The van der Waals surface area contributed by atoms with Gasteiger partial charge in [0.1, 0.15) is 23.1 Å². The first-order valence-corrected chi connectivity index (χ1v) is 8.28. The van der Waals surface area contributed by atoms with Gasteiger partial charge in [0, 0.05) is 18.4 Å². The number of rotatable bonds is 8. The minimum atomic E-state index is -0.440. The Morgan fingerprint density at radius 3 is 2.50 bits per heavy atom. The average molecular weight is 351 g/mol. The fourth-order valence-electron chi connectivity index (χ4n) is 2.20. The van der Waals surface area contributed by atoms with E-state index in [2.05, 4.69) is 10.6 Å². The number of hydrogen-bond donors (Lipinski definition) is 3. The molecule has 0 aliphatic carbocycles. The fraction of sp³-hybridized carbons (Fsp3) is 0.200. The van der Waals surface area contributed by atoms with Gasteiger partial charge in [-0.1, -0.05) is 12.1 Å². The second-order valence-electron chi connectivity index (χ2n) is 5.44. The lowest BCUT2D eigenvalue weighted by Gasteiger charge is -2.07. The molecule has 0 bridgehead atoms. The monoisotopic (exact) mass is 351 g/mol. The van der Waals surface area contributed by atoms with Crippen molar-refractivity contribution in [1.29, 1.82) is 5.26 Å². The van der Waals surface area contributed by atoms with Crippen LogP contribution in [-0.2, 0) is 11.2 Å². The first kappa shape index (κ1) is 18.9. The van der Waals surface area contributed by atoms with Crippen LogP contribution in [-0.4, -0.2) is 24.2 Å². The average Bonchev–Trinajstić information content (AvgIpc) is 2.65. The Labute approximate surface area is 152 Å². The van der Waals surface area contributed by atoms with Crippen molar-refractivity contribution in [3.8, 4) is 17.6 Å². The van der Waals surface area contributed by atoms with Crippen LogP contribution >= 0.6 is 0 Å². The largest absolute Gasteiger partial charge is 0.508 e. The molecule has 6 heteroatoms. The first-order valence-electron chi connectivity index (χ1n) is 8.28. The standard InChI is InChI=1S/C20H21N3O3/c1-2-26-19-9-5-17(6-10-19)23-14-16(13-21)20(25)22-12-11-15-3-7-18(24)8-4-15/h3-10,14,23-24H,2,11-12H2,1H3,(H,22,25)/b16-14-. The zero-order valence-corrected chi connectivity index (χ0v) is 14.5. The van der Waals surface area contributed by atoms with Crippen molar-refractivity contribution >= 4 is 11.6 Å². The molecule has 0 radical (unpaired) electrons. The maximum Gasteiger partial charge on any atom is 0.263 e. The molecule has 0 aliphatic rings. The number of anilines is 1. The molecule has 134 valence electrons. The van der Waals surface area contributed by atoms with E-state index in [0.717, 1.165) is 17.0 Å². The zero-order valence-electron chi connectivity index (χ0n) is 14.5. The molecule has 0 spiro atoms. The van der Waals surface area contributed by atoms with E-state index < -0.39 is 5.91 Å². The van der Waals surface area contributed by atoms with Gasteiger partial charge in [-0.3, -0.25) is 4.79 Å². The SMILES string of the molecule is CCOc1ccc(N/C=C(/C#N)C(=O)NCCc2ccc(O)cc2)cc1. The molecule has 0 atom stereocenters. The maximum absolute atomic E-state index is 12.1. The third-order valence-corrected chi connectivity index (χ3v) is 3.55. The number of nitriles is 1. The molecule has 26 heavy (non-hydrogen) atoms. The van der Waals surface area contributed by atoms with Gasteiger partial charge in [0.15, 0.2) is 0 Å². The number of nitrogens with zero attached hydrogens (tertiary/aromatic N) is 1. The Balaban J connectivity index is 1.85. The van der Waals surface area contributed by atoms with Gasteiger partial charge in [-0.2, -0.15) is 5.26 Å². The van der Waals surface area contributed by atoms with E-state index in [4.69, 9.17) is 10.00 Å². The third kappa shape index (κ3) is 5.87. The van der Waals surface area contributed by atoms with Gasteiger partial charge in [0.2, 0.25) is 0 Å². The highest BCUT2D eigenvalue weighted by molar-refractivity contribution is 5.97. The molecule has 2 rings (SSSR count). The van der Waals surface area contributed by atoms with Crippen LogP contribution in [0, 0.1) is 11.3 Å². The van der Waals surface area contributed by atoms with Crippen molar-refractivity contribution in [2.75, 3.05) is 18.5 Å². The maximum atomic E-state index is 12.1. The van der Waals surface area contributed by atoms with E-state index in [1.54, 1.807) is 36.4 Å². The number of aromatic hydroxyl groups is 1. The van der Waals surface area contributed by atoms with E-state index in [9.17, 15) is 9.90 Å². The minimum Gasteiger partial charge on any atom is -0.508 e. The molecular weight excluding hydrogens is 330 g/mol. The smallest absolute Gasteiger partial charge is 0.263 e. The van der Waals surface area contributed by atoms with Crippen LogP contribution in [0.25, 0.3) is 0 Å². The van der Waals surface area contributed by atoms with Crippen molar-refractivity contribution < 1.29 is 14.6 Å². The molecule has 0 aliphatic heterocycles. The summed E-state index contributed by atoms with van der Waals surface area (Å²) in [6.07, 6.45) is 1.99. The van der Waals surface area contributed by atoms with Gasteiger partial charge in [-0.15, -0.1) is 0 Å². The summed E-state index contributed by atoms with van der Waals surface area (Å²) in [7, 11) is 0. The lowest BCUT2D eigenvalue weighted by Crippen LogP contribution is -2.27. The van der Waals surface area contributed by atoms with Crippen LogP contribution in [0.4, 0.5) is 5.69 Å². The number of ether oxygens (including phenoxy) is 1. The van der Waals surface area contributed by atoms with Crippen molar-refractivity contribution in [3.63, 3.8) is 0 Å². The Hall–Kier alpha value is -3.46. The van der Waals surface area contributed by atoms with Crippen LogP contribution in [0.15, 0.2) is 60.3 Å². The predicted octanol–water partition coefficient (Wildman–Crippen LogP) is 2.97. The van der Waals surface area contributed by atoms with Crippen molar-refractivity contribution in [3.05, 3.63) is 65.9 Å². The van der Waals surface area contributed by atoms with Crippen LogP contribution in [0.5, 0.6) is 11.5 Å². The lowest BCUT2D eigenvalue weighted by atomic mass is 10.1. The van der Waals surface area contributed by atoms with Gasteiger partial charge in [0.05, 0.1) is 6.61 Å². The summed E-state index contributed by atoms with van der Waals surface area (Å²) >= 11 is 0. The highest BCUT2D eigenvalue weighted by atomic mass is 16.5. The predicted molar refractivity (Wildman–Crippen MR) is 99.8 cm³/mol. The van der Waals surface area contributed by atoms with Crippen LogP contribution in [0.2, 0.25) is 0 Å². The van der Waals surface area contributed by atoms with Crippen molar-refractivity contribution in [2.45, 2.75) is 13.3 Å². The highest BCUT2D eigenvalue weighted by Crippen LogP contribution is 2.16. The molecule has 0 heterocycles. The molecule has 0 saturated carbocycles. The second kappa shape index (κ2) is 9.74. The van der Waals surface area contributed by atoms with E-state index in [-0.39, 0.29) is 11.3 Å². The van der Waals surface area contributed by atoms with Crippen LogP contribution < -0.4 is 15.4 Å². The summed E-state index contributed by atoms with van der Waals surface area (Å²) in [5, 5.41) is 24.0. The van der Waals surface area contributed by atoms with Gasteiger partial charge in [0.25, 0.3) is 5.91 Å². The third-order valence-electron chi connectivity index (χ3n) is 3.55. The van der Waals surface area contributed by atoms with Gasteiger partial charge in [-0.25, -0.2) is 0 Å². The molecule has 3 N–H and O–H groups in total. The van der Waals surface area contributed by atoms with Crippen molar-refractivity contribution in [2.24, 2.45) is 0 Å². The Bertz CT molecular complexity index is 791. The number of nitrogens with one attached hydrogen (secondary N) is 2. The summed E-state index contributed by atoms with van der Waals surface area (Å²) in [6.45, 7) is 2.90. The Kier molecular flexibility index (Phi) is 7.07. The minimum absolute atomic E-state index is 0.00964. The zero-order chi connectivity index (χ0) is 18.8. The second-order valence-corrected chi connectivity index (χ2v) is 5.44. The molecule has 0 fully saturated rings. The molecule has 0 saturated heterocycles. The Morgan fingerprint density at radius 1 is 1.19 bits per heavy atom. The number of phenolic OH excluding ortho intramolecular Hbond substituents is 1. The number of benzene rings is 2.